The highest BCUT2D eigenvalue weighted by Gasteiger charge is 2.33. The highest BCUT2D eigenvalue weighted by Crippen LogP contribution is 2.34. The van der Waals surface area contributed by atoms with Gasteiger partial charge in [0.15, 0.2) is 0 Å². The Morgan fingerprint density at radius 2 is 1.52 bits per heavy atom. The number of piperazine rings is 1. The van der Waals surface area contributed by atoms with Crippen LogP contribution in [0.5, 0.6) is 0 Å². The lowest BCUT2D eigenvalue weighted by molar-refractivity contribution is -0.137. The number of allylic oxidation sites excluding steroid dienone is 1. The topological polar surface area (TPSA) is 40.6 Å². The predicted molar refractivity (Wildman–Crippen MR) is 110 cm³/mol. The van der Waals surface area contributed by atoms with E-state index in [1.54, 1.807) is 12.1 Å². The van der Waals surface area contributed by atoms with E-state index in [4.69, 9.17) is 0 Å². The van der Waals surface area contributed by atoms with E-state index in [2.05, 4.69) is 11.0 Å². The van der Waals surface area contributed by atoms with Crippen molar-refractivity contribution in [2.75, 3.05) is 32.4 Å². The van der Waals surface area contributed by atoms with E-state index in [0.29, 0.717) is 26.2 Å². The molecule has 0 saturated carbocycles. The molecular formula is C21H31F3N2O2S. The van der Waals surface area contributed by atoms with Gasteiger partial charge in [-0.05, 0) is 43.4 Å². The molecule has 1 aromatic carbocycles. The Labute approximate surface area is 172 Å². The summed E-state index contributed by atoms with van der Waals surface area (Å²) in [6.07, 6.45) is -0.221. The maximum absolute atomic E-state index is 12.9. The van der Waals surface area contributed by atoms with Gasteiger partial charge in [-0.3, -0.25) is 4.90 Å². The molecule has 1 heterocycles. The molecule has 0 N–H and O–H groups in total. The third kappa shape index (κ3) is 6.55. The number of alkyl halides is 3. The molecule has 0 bridgehead atoms. The van der Waals surface area contributed by atoms with Crippen molar-refractivity contribution < 1.29 is 21.6 Å². The minimum absolute atomic E-state index is 0.0824. The first-order valence-electron chi connectivity index (χ1n) is 9.72. The lowest BCUT2D eigenvalue weighted by atomic mass is 9.78. The molecule has 1 fully saturated rings. The number of hydrogen-bond acceptors (Lipinski definition) is 3. The Hall–Kier alpha value is -1.38. The fourth-order valence-electron chi connectivity index (χ4n) is 3.80. The zero-order valence-electron chi connectivity index (χ0n) is 17.8. The molecule has 0 amide bonds. The first-order chi connectivity index (χ1) is 13.2. The van der Waals surface area contributed by atoms with E-state index in [9.17, 15) is 21.6 Å². The minimum atomic E-state index is -4.34. The van der Waals surface area contributed by atoms with Crippen LogP contribution in [0.2, 0.25) is 0 Å². The van der Waals surface area contributed by atoms with Crippen molar-refractivity contribution in [3.8, 4) is 0 Å². The molecule has 0 aromatic heterocycles. The highest BCUT2D eigenvalue weighted by molar-refractivity contribution is 7.88. The van der Waals surface area contributed by atoms with Gasteiger partial charge in [0.2, 0.25) is 10.0 Å². The highest BCUT2D eigenvalue weighted by atomic mass is 32.2. The maximum atomic E-state index is 12.9. The lowest BCUT2D eigenvalue weighted by Crippen LogP contribution is -2.52. The molecule has 1 saturated heterocycles. The summed E-state index contributed by atoms with van der Waals surface area (Å²) >= 11 is 0. The molecule has 1 aliphatic heterocycles. The Bertz CT molecular complexity index is 818. The number of rotatable bonds is 6. The van der Waals surface area contributed by atoms with Crippen LogP contribution in [0, 0.1) is 0 Å². The molecule has 164 valence electrons. The van der Waals surface area contributed by atoms with Gasteiger partial charge in [-0.15, -0.1) is 0 Å². The van der Waals surface area contributed by atoms with E-state index in [0.717, 1.165) is 29.7 Å². The first-order valence-corrected chi connectivity index (χ1v) is 11.6. The lowest BCUT2D eigenvalue weighted by Gasteiger charge is -2.40. The van der Waals surface area contributed by atoms with E-state index in [1.165, 1.54) is 10.6 Å². The van der Waals surface area contributed by atoms with Gasteiger partial charge >= 0.3 is 6.18 Å². The second-order valence-corrected chi connectivity index (χ2v) is 10.7. The largest absolute Gasteiger partial charge is 0.416 e. The molecule has 4 nitrogen and oxygen atoms in total. The summed E-state index contributed by atoms with van der Waals surface area (Å²) < 4.78 is 63.6. The monoisotopic (exact) mass is 432 g/mol. The smallest absolute Gasteiger partial charge is 0.294 e. The number of halogens is 3. The van der Waals surface area contributed by atoms with E-state index in [1.807, 2.05) is 27.7 Å². The number of nitrogens with zero attached hydrogens (tertiary/aromatic N) is 2. The van der Waals surface area contributed by atoms with Gasteiger partial charge in [0.1, 0.15) is 0 Å². The van der Waals surface area contributed by atoms with E-state index in [-0.39, 0.29) is 11.5 Å². The summed E-state index contributed by atoms with van der Waals surface area (Å²) in [5.41, 5.74) is 1.03. The Balaban J connectivity index is 2.18. The van der Waals surface area contributed by atoms with E-state index >= 15 is 0 Å². The predicted octanol–water partition coefficient (Wildman–Crippen LogP) is 4.29. The molecular weight excluding hydrogens is 401 g/mol. The molecule has 1 unspecified atom stereocenters. The molecule has 0 spiro atoms. The van der Waals surface area contributed by atoms with Crippen LogP contribution in [0.4, 0.5) is 13.2 Å². The molecule has 0 radical (unpaired) electrons. The zero-order chi connectivity index (χ0) is 22.0. The van der Waals surface area contributed by atoms with Gasteiger partial charge in [0, 0.05) is 32.2 Å². The van der Waals surface area contributed by atoms with Crippen LogP contribution >= 0.6 is 0 Å². The summed E-state index contributed by atoms with van der Waals surface area (Å²) in [7, 11) is -3.19. The third-order valence-corrected chi connectivity index (χ3v) is 6.75. The number of hydrogen-bond donors (Lipinski definition) is 0. The summed E-state index contributed by atoms with van der Waals surface area (Å²) in [4.78, 5) is 2.26. The Kier molecular flexibility index (Phi) is 7.23. The van der Waals surface area contributed by atoms with Crippen LogP contribution in [-0.2, 0) is 21.6 Å². The van der Waals surface area contributed by atoms with Gasteiger partial charge in [-0.25, -0.2) is 8.42 Å². The fraction of sp³-hybridized carbons (Fsp3) is 0.619. The molecule has 1 atom stereocenters. The van der Waals surface area contributed by atoms with Crippen molar-refractivity contribution in [1.82, 2.24) is 9.21 Å². The summed E-state index contributed by atoms with van der Waals surface area (Å²) in [5.74, 6) is 0. The van der Waals surface area contributed by atoms with Crippen molar-refractivity contribution >= 4 is 10.0 Å². The van der Waals surface area contributed by atoms with Crippen molar-refractivity contribution in [2.45, 2.75) is 51.7 Å². The SMILES string of the molecule is CC(C)=CC(CC(C)(C)c1ccc(C(F)(F)F)cc1)N1CCN(S(C)(=O)=O)CC1. The normalized spacial score (nSPS) is 18.5. The number of sulfonamides is 1. The van der Waals surface area contributed by atoms with Gasteiger partial charge in [-0.2, -0.15) is 17.5 Å². The van der Waals surface area contributed by atoms with Crippen molar-refractivity contribution in [1.29, 1.82) is 0 Å². The van der Waals surface area contributed by atoms with Crippen LogP contribution < -0.4 is 0 Å². The van der Waals surface area contributed by atoms with Gasteiger partial charge in [0.25, 0.3) is 0 Å². The molecule has 0 aliphatic carbocycles. The third-order valence-electron chi connectivity index (χ3n) is 5.45. The second kappa shape index (κ2) is 8.78. The number of benzene rings is 1. The quantitative estimate of drug-likeness (QED) is 0.630. The standard InChI is InChI=1S/C21H31F3N2O2S/c1-16(2)14-19(25-10-12-26(13-11-25)29(5,27)28)15-20(3,4)17-6-8-18(9-7-17)21(22,23)24/h6-9,14,19H,10-13,15H2,1-5H3. The van der Waals surface area contributed by atoms with Crippen molar-refractivity contribution in [3.05, 3.63) is 47.0 Å². The zero-order valence-corrected chi connectivity index (χ0v) is 18.6. The average molecular weight is 433 g/mol. The minimum Gasteiger partial charge on any atom is -0.294 e. The van der Waals surface area contributed by atoms with Gasteiger partial charge in [0.05, 0.1) is 11.8 Å². The van der Waals surface area contributed by atoms with Crippen LogP contribution in [0.1, 0.15) is 45.2 Å². The molecule has 29 heavy (non-hydrogen) atoms. The van der Waals surface area contributed by atoms with Crippen LogP contribution in [0.15, 0.2) is 35.9 Å². The van der Waals surface area contributed by atoms with Crippen LogP contribution in [-0.4, -0.2) is 56.1 Å². The van der Waals surface area contributed by atoms with Gasteiger partial charge in [-0.1, -0.05) is 37.6 Å². The fourth-order valence-corrected chi connectivity index (χ4v) is 4.62. The summed E-state index contributed by atoms with van der Waals surface area (Å²) in [6, 6.07) is 5.48. The summed E-state index contributed by atoms with van der Waals surface area (Å²) in [6.45, 7) is 10.3. The van der Waals surface area contributed by atoms with E-state index < -0.39 is 21.8 Å². The van der Waals surface area contributed by atoms with Crippen molar-refractivity contribution in [3.63, 3.8) is 0 Å². The molecule has 8 heteroatoms. The van der Waals surface area contributed by atoms with Crippen LogP contribution in [0.3, 0.4) is 0 Å². The molecule has 2 rings (SSSR count). The van der Waals surface area contributed by atoms with Crippen LogP contribution in [0.25, 0.3) is 0 Å². The average Bonchev–Trinajstić information content (AvgIpc) is 2.59. The Morgan fingerprint density at radius 3 is 1.93 bits per heavy atom. The first kappa shape index (κ1) is 23.9. The Morgan fingerprint density at radius 1 is 1.03 bits per heavy atom. The second-order valence-electron chi connectivity index (χ2n) is 8.67. The molecule has 1 aromatic rings. The molecule has 1 aliphatic rings. The summed E-state index contributed by atoms with van der Waals surface area (Å²) in [5, 5.41) is 0. The van der Waals surface area contributed by atoms with Gasteiger partial charge < -0.3 is 0 Å². The van der Waals surface area contributed by atoms with Crippen molar-refractivity contribution in [2.24, 2.45) is 0 Å². The maximum Gasteiger partial charge on any atom is 0.416 e.